The van der Waals surface area contributed by atoms with E-state index in [4.69, 9.17) is 5.73 Å². The molecule has 198 valence electrons. The van der Waals surface area contributed by atoms with Gasteiger partial charge >= 0.3 is 0 Å². The first kappa shape index (κ1) is 28.1. The maximum absolute atomic E-state index is 12.6. The van der Waals surface area contributed by atoms with Gasteiger partial charge in [-0.15, -0.1) is 0 Å². The van der Waals surface area contributed by atoms with Crippen molar-refractivity contribution >= 4 is 27.1 Å². The van der Waals surface area contributed by atoms with Crippen LogP contribution >= 0.6 is 0 Å². The number of nitrogens with zero attached hydrogens (tertiary/aromatic N) is 2. The zero-order valence-corrected chi connectivity index (χ0v) is 22.4. The quantitative estimate of drug-likeness (QED) is 0.266. The summed E-state index contributed by atoms with van der Waals surface area (Å²) in [6, 6.07) is 14.9. The van der Waals surface area contributed by atoms with Crippen LogP contribution in [0.25, 0.3) is 5.57 Å². The van der Waals surface area contributed by atoms with Gasteiger partial charge in [-0.2, -0.15) is 0 Å². The molecule has 0 radical (unpaired) electrons. The minimum absolute atomic E-state index is 0.127. The van der Waals surface area contributed by atoms with Gasteiger partial charge in [-0.1, -0.05) is 30.3 Å². The standard InChI is InChI=1S/C27H35N5O4S/c1-19(28)26(20(2)33)24-17-32(18-29-24)14-13-27(3,4)30-16-25(34)21-9-8-10-22(15-21)31-37(35,36)23-11-6-5-7-12-23/h5-12,15,17-18,25,30-31,34H,13-14,16,28H2,1-4H3/b26-19-. The molecule has 1 heterocycles. The van der Waals surface area contributed by atoms with Crippen LogP contribution in [0.15, 0.2) is 77.7 Å². The monoisotopic (exact) mass is 525 g/mol. The first-order valence-corrected chi connectivity index (χ1v) is 13.5. The van der Waals surface area contributed by atoms with Crippen molar-refractivity contribution in [2.24, 2.45) is 5.73 Å². The Bertz CT molecular complexity index is 1360. The number of hydrogen-bond acceptors (Lipinski definition) is 7. The summed E-state index contributed by atoms with van der Waals surface area (Å²) in [6.07, 6.45) is 3.37. The van der Waals surface area contributed by atoms with Crippen LogP contribution in [0.1, 0.15) is 51.5 Å². The number of Topliss-reactive ketones (excluding diaryl/α,β-unsaturated/α-hetero) is 1. The lowest BCUT2D eigenvalue weighted by molar-refractivity contribution is -0.111. The van der Waals surface area contributed by atoms with Gasteiger partial charge in [0.1, 0.15) is 0 Å². The SMILES string of the molecule is CC(=O)/C(=C(\C)N)c1cn(CCC(C)(C)NCC(O)c2cccc(NS(=O)(=O)c3ccccc3)c2)cn1. The number of nitrogens with two attached hydrogens (primary N) is 1. The molecular weight excluding hydrogens is 490 g/mol. The third-order valence-electron chi connectivity index (χ3n) is 5.98. The van der Waals surface area contributed by atoms with Crippen molar-refractivity contribution in [1.29, 1.82) is 0 Å². The maximum Gasteiger partial charge on any atom is 0.261 e. The topological polar surface area (TPSA) is 139 Å². The fourth-order valence-corrected chi connectivity index (χ4v) is 4.95. The third kappa shape index (κ3) is 7.75. The lowest BCUT2D eigenvalue weighted by atomic mass is 9.99. The summed E-state index contributed by atoms with van der Waals surface area (Å²) in [7, 11) is -3.72. The first-order chi connectivity index (χ1) is 17.4. The van der Waals surface area contributed by atoms with Crippen LogP contribution in [0.4, 0.5) is 5.69 Å². The van der Waals surface area contributed by atoms with Crippen molar-refractivity contribution in [1.82, 2.24) is 14.9 Å². The molecule has 1 unspecified atom stereocenters. The van der Waals surface area contributed by atoms with Crippen LogP contribution in [0.5, 0.6) is 0 Å². The van der Waals surface area contributed by atoms with E-state index in [1.165, 1.54) is 19.1 Å². The highest BCUT2D eigenvalue weighted by molar-refractivity contribution is 7.92. The molecule has 0 amide bonds. The molecule has 0 saturated heterocycles. The number of aryl methyl sites for hydroxylation is 1. The number of anilines is 1. The molecule has 1 atom stereocenters. The Hall–Kier alpha value is -3.47. The molecule has 0 fully saturated rings. The molecule has 0 spiro atoms. The predicted octanol–water partition coefficient (Wildman–Crippen LogP) is 3.45. The highest BCUT2D eigenvalue weighted by Gasteiger charge is 2.21. The summed E-state index contributed by atoms with van der Waals surface area (Å²) < 4.78 is 29.7. The van der Waals surface area contributed by atoms with E-state index in [0.29, 0.717) is 34.8 Å². The van der Waals surface area contributed by atoms with Crippen molar-refractivity contribution in [3.8, 4) is 0 Å². The summed E-state index contributed by atoms with van der Waals surface area (Å²) in [5.74, 6) is -0.127. The fraction of sp³-hybridized carbons (Fsp3) is 0.333. The lowest BCUT2D eigenvalue weighted by Crippen LogP contribution is -2.42. The van der Waals surface area contributed by atoms with Gasteiger partial charge in [0.15, 0.2) is 5.78 Å². The molecule has 5 N–H and O–H groups in total. The smallest absolute Gasteiger partial charge is 0.261 e. The Morgan fingerprint density at radius 1 is 1.14 bits per heavy atom. The summed E-state index contributed by atoms with van der Waals surface area (Å²) >= 11 is 0. The van der Waals surface area contributed by atoms with E-state index in [0.717, 1.165) is 6.42 Å². The van der Waals surface area contributed by atoms with Crippen LogP contribution in [0, 0.1) is 0 Å². The van der Waals surface area contributed by atoms with E-state index < -0.39 is 16.1 Å². The van der Waals surface area contributed by atoms with Gasteiger partial charge in [-0.05, 0) is 63.9 Å². The van der Waals surface area contributed by atoms with Crippen molar-refractivity contribution < 1.29 is 18.3 Å². The minimum atomic E-state index is -3.72. The van der Waals surface area contributed by atoms with Crippen LogP contribution in [-0.4, -0.2) is 40.9 Å². The van der Waals surface area contributed by atoms with Crippen molar-refractivity contribution in [2.75, 3.05) is 11.3 Å². The number of hydrogen-bond donors (Lipinski definition) is 4. The number of carbonyl (C=O) groups excluding carboxylic acids is 1. The molecule has 3 rings (SSSR count). The molecular formula is C27H35N5O4S. The van der Waals surface area contributed by atoms with E-state index in [1.54, 1.807) is 61.9 Å². The Kier molecular flexibility index (Phi) is 8.90. The molecule has 1 aromatic heterocycles. The van der Waals surface area contributed by atoms with Gasteiger partial charge in [0.25, 0.3) is 10.0 Å². The Labute approximate surface area is 218 Å². The number of aliphatic hydroxyl groups is 1. The number of carbonyl (C=O) groups is 1. The molecule has 0 bridgehead atoms. The summed E-state index contributed by atoms with van der Waals surface area (Å²) in [4.78, 5) is 16.4. The molecule has 37 heavy (non-hydrogen) atoms. The molecule has 10 heteroatoms. The fourth-order valence-electron chi connectivity index (χ4n) is 3.88. The third-order valence-corrected chi connectivity index (χ3v) is 7.38. The van der Waals surface area contributed by atoms with E-state index in [-0.39, 0.29) is 22.8 Å². The van der Waals surface area contributed by atoms with Gasteiger partial charge in [0, 0.05) is 36.2 Å². The molecule has 0 saturated carbocycles. The number of rotatable bonds is 12. The van der Waals surface area contributed by atoms with E-state index in [9.17, 15) is 18.3 Å². The van der Waals surface area contributed by atoms with Crippen molar-refractivity contribution in [3.63, 3.8) is 0 Å². The number of nitrogens with one attached hydrogen (secondary N) is 2. The zero-order chi connectivity index (χ0) is 27.2. The summed E-state index contributed by atoms with van der Waals surface area (Å²) in [5, 5.41) is 14.2. The second kappa shape index (κ2) is 11.7. The van der Waals surface area contributed by atoms with Crippen LogP contribution in [0.3, 0.4) is 0 Å². The average Bonchev–Trinajstić information content (AvgIpc) is 3.29. The van der Waals surface area contributed by atoms with E-state index >= 15 is 0 Å². The minimum Gasteiger partial charge on any atom is -0.402 e. The number of benzene rings is 2. The number of aromatic nitrogens is 2. The highest BCUT2D eigenvalue weighted by Crippen LogP contribution is 2.22. The summed E-state index contributed by atoms with van der Waals surface area (Å²) in [6.45, 7) is 8.15. The highest BCUT2D eigenvalue weighted by atomic mass is 32.2. The van der Waals surface area contributed by atoms with Crippen LogP contribution in [0.2, 0.25) is 0 Å². The number of β-amino-alcohol motifs (C(OH)–C–C–N with tert-alkyl or cyclic N) is 1. The van der Waals surface area contributed by atoms with E-state index in [2.05, 4.69) is 15.0 Å². The number of sulfonamides is 1. The average molecular weight is 526 g/mol. The molecule has 9 nitrogen and oxygen atoms in total. The number of allylic oxidation sites excluding steroid dienone is 2. The van der Waals surface area contributed by atoms with Crippen molar-refractivity contribution in [2.45, 2.75) is 57.2 Å². The summed E-state index contributed by atoms with van der Waals surface area (Å²) in [5.41, 5.74) is 7.91. The second-order valence-electron chi connectivity index (χ2n) is 9.69. The van der Waals surface area contributed by atoms with Gasteiger partial charge in [-0.3, -0.25) is 9.52 Å². The zero-order valence-electron chi connectivity index (χ0n) is 21.6. The Morgan fingerprint density at radius 3 is 2.49 bits per heavy atom. The molecule has 0 aliphatic carbocycles. The largest absolute Gasteiger partial charge is 0.402 e. The normalized spacial score (nSPS) is 13.6. The first-order valence-electron chi connectivity index (χ1n) is 12.0. The molecule has 3 aromatic rings. The molecule has 2 aromatic carbocycles. The Balaban J connectivity index is 1.58. The van der Waals surface area contributed by atoms with E-state index in [1.807, 2.05) is 18.4 Å². The van der Waals surface area contributed by atoms with Crippen LogP contribution in [-0.2, 0) is 21.4 Å². The Morgan fingerprint density at radius 2 is 1.84 bits per heavy atom. The van der Waals surface area contributed by atoms with Gasteiger partial charge in [0.05, 0.1) is 28.6 Å². The van der Waals surface area contributed by atoms with Gasteiger partial charge < -0.3 is 20.7 Å². The van der Waals surface area contributed by atoms with Crippen molar-refractivity contribution in [3.05, 3.63) is 84.1 Å². The van der Waals surface area contributed by atoms with Gasteiger partial charge in [-0.25, -0.2) is 13.4 Å². The van der Waals surface area contributed by atoms with Crippen LogP contribution < -0.4 is 15.8 Å². The predicted molar refractivity (Wildman–Crippen MR) is 145 cm³/mol. The van der Waals surface area contributed by atoms with Gasteiger partial charge in [0.2, 0.25) is 0 Å². The number of ketones is 1. The maximum atomic E-state index is 12.6. The number of imidazole rings is 1. The molecule has 0 aliphatic rings. The second-order valence-corrected chi connectivity index (χ2v) is 11.4. The molecule has 0 aliphatic heterocycles. The lowest BCUT2D eigenvalue weighted by Gasteiger charge is -2.28. The number of aliphatic hydroxyl groups excluding tert-OH is 1.